The Morgan fingerprint density at radius 3 is 2.61 bits per heavy atom. The number of terminal acetylenes is 1. The fourth-order valence-electron chi connectivity index (χ4n) is 1.38. The minimum absolute atomic E-state index is 0.298. The lowest BCUT2D eigenvalue weighted by molar-refractivity contribution is 0.579. The molecule has 0 atom stereocenters. The minimum Gasteiger partial charge on any atom is -0.211 e. The molecule has 1 N–H and O–H groups in total. The van der Waals surface area contributed by atoms with Crippen LogP contribution in [0.15, 0.2) is 41.3 Å². The van der Waals surface area contributed by atoms with E-state index in [4.69, 9.17) is 6.42 Å². The minimum atomic E-state index is -3.38. The lowest BCUT2D eigenvalue weighted by Gasteiger charge is -2.06. The number of benzene rings is 1. The summed E-state index contributed by atoms with van der Waals surface area (Å²) < 4.78 is 26.3. The van der Waals surface area contributed by atoms with Gasteiger partial charge >= 0.3 is 0 Å². The SMILES string of the molecule is C#C/C=C\CCCNS(=O)(=O)c1ccc(C)cc1. The van der Waals surface area contributed by atoms with Gasteiger partial charge in [0.15, 0.2) is 0 Å². The fraction of sp³-hybridized carbons (Fsp3) is 0.286. The summed E-state index contributed by atoms with van der Waals surface area (Å²) in [5.74, 6) is 2.39. The van der Waals surface area contributed by atoms with Crippen LogP contribution in [0.1, 0.15) is 18.4 Å². The number of hydrogen-bond acceptors (Lipinski definition) is 2. The lowest BCUT2D eigenvalue weighted by atomic mass is 10.2. The zero-order valence-corrected chi connectivity index (χ0v) is 11.2. The first-order chi connectivity index (χ1) is 8.56. The molecule has 0 heterocycles. The van der Waals surface area contributed by atoms with E-state index in [-0.39, 0.29) is 0 Å². The van der Waals surface area contributed by atoms with Gasteiger partial charge in [-0.2, -0.15) is 0 Å². The molecule has 0 aliphatic carbocycles. The highest BCUT2D eigenvalue weighted by atomic mass is 32.2. The highest BCUT2D eigenvalue weighted by molar-refractivity contribution is 7.89. The summed E-state index contributed by atoms with van der Waals surface area (Å²) in [6.07, 6.45) is 10.0. The van der Waals surface area contributed by atoms with Gasteiger partial charge in [-0.05, 0) is 38.0 Å². The molecule has 0 saturated carbocycles. The van der Waals surface area contributed by atoms with Gasteiger partial charge in [0, 0.05) is 6.54 Å². The van der Waals surface area contributed by atoms with Crippen LogP contribution in [-0.4, -0.2) is 15.0 Å². The van der Waals surface area contributed by atoms with Crippen molar-refractivity contribution in [2.24, 2.45) is 0 Å². The Kier molecular flexibility index (Phi) is 5.63. The number of allylic oxidation sites excluding steroid dienone is 2. The molecule has 0 unspecified atom stereocenters. The summed E-state index contributed by atoms with van der Waals surface area (Å²) >= 11 is 0. The van der Waals surface area contributed by atoms with Crippen LogP contribution in [0.5, 0.6) is 0 Å². The number of sulfonamides is 1. The van der Waals surface area contributed by atoms with Gasteiger partial charge in [-0.25, -0.2) is 13.1 Å². The van der Waals surface area contributed by atoms with Crippen molar-refractivity contribution >= 4 is 10.0 Å². The molecule has 96 valence electrons. The summed E-state index contributed by atoms with van der Waals surface area (Å²) in [6.45, 7) is 2.33. The molecule has 0 aromatic heterocycles. The molecule has 1 rings (SSSR count). The van der Waals surface area contributed by atoms with Gasteiger partial charge in [0.05, 0.1) is 4.90 Å². The summed E-state index contributed by atoms with van der Waals surface area (Å²) in [5, 5.41) is 0. The van der Waals surface area contributed by atoms with Crippen molar-refractivity contribution in [2.45, 2.75) is 24.7 Å². The maximum Gasteiger partial charge on any atom is 0.240 e. The predicted octanol–water partition coefficient (Wildman–Crippen LogP) is 2.24. The van der Waals surface area contributed by atoms with Crippen molar-refractivity contribution in [1.82, 2.24) is 4.72 Å². The molecule has 0 fully saturated rings. The van der Waals surface area contributed by atoms with E-state index in [0.29, 0.717) is 11.4 Å². The number of aryl methyl sites for hydroxylation is 1. The van der Waals surface area contributed by atoms with Gasteiger partial charge in [-0.1, -0.05) is 29.7 Å². The first-order valence-corrected chi connectivity index (χ1v) is 7.22. The summed E-state index contributed by atoms with van der Waals surface area (Å²) in [7, 11) is -3.38. The Labute approximate surface area is 109 Å². The van der Waals surface area contributed by atoms with Gasteiger partial charge in [-0.3, -0.25) is 0 Å². The number of hydrogen-bond donors (Lipinski definition) is 1. The van der Waals surface area contributed by atoms with Gasteiger partial charge in [0.2, 0.25) is 10.0 Å². The Balaban J connectivity index is 2.48. The van der Waals surface area contributed by atoms with Crippen LogP contribution in [0.25, 0.3) is 0 Å². The molecule has 0 aliphatic rings. The van der Waals surface area contributed by atoms with E-state index in [1.54, 1.807) is 30.3 Å². The molecular formula is C14H17NO2S. The largest absolute Gasteiger partial charge is 0.240 e. The first-order valence-electron chi connectivity index (χ1n) is 5.74. The average Bonchev–Trinajstić information content (AvgIpc) is 2.34. The molecule has 0 spiro atoms. The highest BCUT2D eigenvalue weighted by Crippen LogP contribution is 2.09. The number of rotatable bonds is 6. The summed E-state index contributed by atoms with van der Waals surface area (Å²) in [6, 6.07) is 6.78. The highest BCUT2D eigenvalue weighted by Gasteiger charge is 2.11. The molecule has 18 heavy (non-hydrogen) atoms. The van der Waals surface area contributed by atoms with Gasteiger partial charge < -0.3 is 0 Å². The van der Waals surface area contributed by atoms with E-state index >= 15 is 0 Å². The van der Waals surface area contributed by atoms with Gasteiger partial charge in [-0.15, -0.1) is 6.42 Å². The molecule has 1 aromatic carbocycles. The molecule has 3 nitrogen and oxygen atoms in total. The van der Waals surface area contributed by atoms with Crippen molar-refractivity contribution in [3.05, 3.63) is 42.0 Å². The summed E-state index contributed by atoms with van der Waals surface area (Å²) in [4.78, 5) is 0.298. The lowest BCUT2D eigenvalue weighted by Crippen LogP contribution is -2.24. The van der Waals surface area contributed by atoms with E-state index < -0.39 is 10.0 Å². The van der Waals surface area contributed by atoms with Crippen LogP contribution in [-0.2, 0) is 10.0 Å². The first kappa shape index (κ1) is 14.5. The zero-order chi connectivity index (χ0) is 13.4. The van der Waals surface area contributed by atoms with Crippen molar-refractivity contribution in [1.29, 1.82) is 0 Å². The molecule has 0 radical (unpaired) electrons. The smallest absolute Gasteiger partial charge is 0.211 e. The molecule has 0 aliphatic heterocycles. The van der Waals surface area contributed by atoms with Crippen LogP contribution >= 0.6 is 0 Å². The zero-order valence-electron chi connectivity index (χ0n) is 10.4. The van der Waals surface area contributed by atoms with Crippen LogP contribution in [0, 0.1) is 19.3 Å². The fourth-order valence-corrected chi connectivity index (χ4v) is 2.45. The molecular weight excluding hydrogens is 246 g/mol. The third-order valence-electron chi connectivity index (χ3n) is 2.39. The third kappa shape index (κ3) is 4.74. The standard InChI is InChI=1S/C14H17NO2S/c1-3-4-5-6-7-12-15-18(16,17)14-10-8-13(2)9-11-14/h1,4-5,8-11,15H,6-7,12H2,2H3/b5-4-. The van der Waals surface area contributed by atoms with Crippen LogP contribution in [0.2, 0.25) is 0 Å². The topological polar surface area (TPSA) is 46.2 Å². The van der Waals surface area contributed by atoms with Crippen molar-refractivity contribution in [3.63, 3.8) is 0 Å². The van der Waals surface area contributed by atoms with E-state index in [1.807, 2.05) is 13.0 Å². The van der Waals surface area contributed by atoms with Crippen LogP contribution in [0.4, 0.5) is 0 Å². The van der Waals surface area contributed by atoms with Crippen molar-refractivity contribution in [2.75, 3.05) is 6.54 Å². The second kappa shape index (κ2) is 7.00. The van der Waals surface area contributed by atoms with Crippen molar-refractivity contribution < 1.29 is 8.42 Å². The number of nitrogens with one attached hydrogen (secondary N) is 1. The second-order valence-electron chi connectivity index (χ2n) is 3.92. The van der Waals surface area contributed by atoms with Crippen molar-refractivity contribution in [3.8, 4) is 12.3 Å². The third-order valence-corrected chi connectivity index (χ3v) is 3.86. The molecule has 1 aromatic rings. The second-order valence-corrected chi connectivity index (χ2v) is 5.69. The maximum absolute atomic E-state index is 11.9. The van der Waals surface area contributed by atoms with E-state index in [0.717, 1.165) is 18.4 Å². The monoisotopic (exact) mass is 263 g/mol. The quantitative estimate of drug-likeness (QED) is 0.632. The molecule has 0 saturated heterocycles. The summed E-state index contributed by atoms with van der Waals surface area (Å²) in [5.41, 5.74) is 1.04. The normalized spacial score (nSPS) is 11.6. The van der Waals surface area contributed by atoms with E-state index in [2.05, 4.69) is 10.6 Å². The number of unbranched alkanes of at least 4 members (excludes halogenated alkanes) is 1. The molecule has 0 bridgehead atoms. The van der Waals surface area contributed by atoms with E-state index in [1.165, 1.54) is 0 Å². The Bertz CT molecular complexity index is 536. The Morgan fingerprint density at radius 1 is 1.33 bits per heavy atom. The van der Waals surface area contributed by atoms with Crippen LogP contribution in [0.3, 0.4) is 0 Å². The predicted molar refractivity (Wildman–Crippen MR) is 73.6 cm³/mol. The Morgan fingerprint density at radius 2 is 2.00 bits per heavy atom. The average molecular weight is 263 g/mol. The molecule has 0 amide bonds. The Hall–Kier alpha value is -1.57. The maximum atomic E-state index is 11.9. The van der Waals surface area contributed by atoms with Crippen LogP contribution < -0.4 is 4.72 Å². The van der Waals surface area contributed by atoms with Gasteiger partial charge in [0.25, 0.3) is 0 Å². The van der Waals surface area contributed by atoms with E-state index in [9.17, 15) is 8.42 Å². The molecule has 4 heteroatoms. The van der Waals surface area contributed by atoms with Gasteiger partial charge in [0.1, 0.15) is 0 Å².